The van der Waals surface area contributed by atoms with Crippen molar-refractivity contribution >= 4 is 41.2 Å². The van der Waals surface area contributed by atoms with Gasteiger partial charge in [-0.25, -0.2) is 4.98 Å². The number of rotatable bonds is 4. The third-order valence-electron chi connectivity index (χ3n) is 3.65. The van der Waals surface area contributed by atoms with E-state index in [1.165, 1.54) is 12.1 Å². The van der Waals surface area contributed by atoms with Gasteiger partial charge in [0.25, 0.3) is 5.69 Å². The van der Waals surface area contributed by atoms with Gasteiger partial charge >= 0.3 is 0 Å². The van der Waals surface area contributed by atoms with Gasteiger partial charge in [0.1, 0.15) is 5.82 Å². The zero-order chi connectivity index (χ0) is 18.7. The third-order valence-corrected chi connectivity index (χ3v) is 3.90. The maximum Gasteiger partial charge on any atom is 0.269 e. The molecule has 2 aromatic carbocycles. The van der Waals surface area contributed by atoms with Gasteiger partial charge in [-0.3, -0.25) is 10.1 Å². The zero-order valence-electron chi connectivity index (χ0n) is 13.5. The summed E-state index contributed by atoms with van der Waals surface area (Å²) in [7, 11) is 0. The predicted octanol–water partition coefficient (Wildman–Crippen LogP) is 4.04. The molecular formula is C18H14ClN5O2. The summed E-state index contributed by atoms with van der Waals surface area (Å²) in [5, 5.41) is 11.3. The van der Waals surface area contributed by atoms with Crippen LogP contribution in [0.5, 0.6) is 0 Å². The molecule has 0 bridgehead atoms. The number of nitro benzene ring substituents is 1. The fraction of sp³-hybridized carbons (Fsp3) is 0. The highest BCUT2D eigenvalue weighted by Gasteiger charge is 2.12. The van der Waals surface area contributed by atoms with Crippen LogP contribution in [0.15, 0.2) is 48.5 Å². The van der Waals surface area contributed by atoms with Gasteiger partial charge in [0, 0.05) is 22.7 Å². The van der Waals surface area contributed by atoms with Crippen molar-refractivity contribution in [3.05, 3.63) is 74.9 Å². The normalized spacial score (nSPS) is 11.0. The third kappa shape index (κ3) is 3.79. The van der Waals surface area contributed by atoms with Gasteiger partial charge in [-0.15, -0.1) is 0 Å². The van der Waals surface area contributed by atoms with Crippen LogP contribution in [0.4, 0.5) is 17.5 Å². The highest BCUT2D eigenvalue weighted by molar-refractivity contribution is 6.30. The maximum absolute atomic E-state index is 10.7. The van der Waals surface area contributed by atoms with Crippen molar-refractivity contribution in [2.45, 2.75) is 0 Å². The molecule has 0 aliphatic rings. The van der Waals surface area contributed by atoms with Crippen LogP contribution in [0.2, 0.25) is 5.02 Å². The summed E-state index contributed by atoms with van der Waals surface area (Å²) in [6.45, 7) is 0. The lowest BCUT2D eigenvalue weighted by molar-refractivity contribution is -0.384. The molecule has 0 radical (unpaired) electrons. The molecule has 8 heteroatoms. The van der Waals surface area contributed by atoms with Crippen LogP contribution in [0.1, 0.15) is 11.3 Å². The molecule has 4 N–H and O–H groups in total. The van der Waals surface area contributed by atoms with Gasteiger partial charge in [0.15, 0.2) is 0 Å². The number of hydrogen-bond donors (Lipinski definition) is 2. The average Bonchev–Trinajstić information content (AvgIpc) is 2.61. The Morgan fingerprint density at radius 2 is 1.62 bits per heavy atom. The van der Waals surface area contributed by atoms with Crippen molar-refractivity contribution in [2.75, 3.05) is 11.5 Å². The van der Waals surface area contributed by atoms with E-state index >= 15 is 0 Å². The maximum atomic E-state index is 10.7. The number of nitrogens with two attached hydrogens (primary N) is 2. The Morgan fingerprint density at radius 1 is 0.962 bits per heavy atom. The Bertz CT molecular complexity index is 986. The predicted molar refractivity (Wildman–Crippen MR) is 103 cm³/mol. The van der Waals surface area contributed by atoms with Crippen molar-refractivity contribution < 1.29 is 4.92 Å². The van der Waals surface area contributed by atoms with Crippen LogP contribution in [0.25, 0.3) is 23.3 Å². The summed E-state index contributed by atoms with van der Waals surface area (Å²) in [6, 6.07) is 13.3. The van der Waals surface area contributed by atoms with Crippen LogP contribution < -0.4 is 11.5 Å². The summed E-state index contributed by atoms with van der Waals surface area (Å²) in [5.41, 5.74) is 14.5. The van der Waals surface area contributed by atoms with Crippen LogP contribution in [0.3, 0.4) is 0 Å². The topological polar surface area (TPSA) is 121 Å². The quantitative estimate of drug-likeness (QED) is 0.530. The van der Waals surface area contributed by atoms with E-state index in [1.54, 1.807) is 36.4 Å². The van der Waals surface area contributed by atoms with E-state index < -0.39 is 4.92 Å². The van der Waals surface area contributed by atoms with Crippen LogP contribution >= 0.6 is 11.6 Å². The van der Waals surface area contributed by atoms with E-state index in [0.29, 0.717) is 16.3 Å². The van der Waals surface area contributed by atoms with Crippen molar-refractivity contribution in [3.8, 4) is 11.1 Å². The SMILES string of the molecule is Nc1nc(N)c(-c2ccc(Cl)cc2)c(/C=C/c2ccc([N+](=O)[O-])cc2)n1. The lowest BCUT2D eigenvalue weighted by Crippen LogP contribution is -2.04. The van der Waals surface area contributed by atoms with Crippen molar-refractivity contribution in [3.63, 3.8) is 0 Å². The summed E-state index contributed by atoms with van der Waals surface area (Å²) in [6.07, 6.45) is 3.50. The van der Waals surface area contributed by atoms with Crippen molar-refractivity contribution in [2.24, 2.45) is 0 Å². The van der Waals surface area contributed by atoms with Crippen LogP contribution in [-0.4, -0.2) is 14.9 Å². The van der Waals surface area contributed by atoms with Gasteiger partial charge in [-0.1, -0.05) is 29.8 Å². The molecule has 0 fully saturated rings. The van der Waals surface area contributed by atoms with Crippen molar-refractivity contribution in [1.29, 1.82) is 0 Å². The summed E-state index contributed by atoms with van der Waals surface area (Å²) in [4.78, 5) is 18.6. The van der Waals surface area contributed by atoms with E-state index in [9.17, 15) is 10.1 Å². The molecule has 3 aromatic rings. The van der Waals surface area contributed by atoms with Crippen LogP contribution in [0, 0.1) is 10.1 Å². The first-order chi connectivity index (χ1) is 12.4. The number of nitro groups is 1. The molecule has 0 atom stereocenters. The van der Waals surface area contributed by atoms with E-state index in [-0.39, 0.29) is 17.5 Å². The number of nitrogen functional groups attached to an aromatic ring is 2. The fourth-order valence-corrected chi connectivity index (χ4v) is 2.56. The average molecular weight is 368 g/mol. The monoisotopic (exact) mass is 367 g/mol. The number of halogens is 1. The van der Waals surface area contributed by atoms with Gasteiger partial charge in [-0.2, -0.15) is 4.98 Å². The summed E-state index contributed by atoms with van der Waals surface area (Å²) in [5.74, 6) is 0.312. The number of anilines is 2. The first-order valence-corrected chi connectivity index (χ1v) is 7.93. The fourth-order valence-electron chi connectivity index (χ4n) is 2.43. The number of non-ortho nitro benzene ring substituents is 1. The Balaban J connectivity index is 2.01. The largest absolute Gasteiger partial charge is 0.383 e. The Labute approximate surface area is 154 Å². The molecule has 26 heavy (non-hydrogen) atoms. The second-order valence-electron chi connectivity index (χ2n) is 5.42. The molecule has 1 heterocycles. The molecule has 0 aliphatic carbocycles. The molecule has 0 spiro atoms. The molecule has 7 nitrogen and oxygen atoms in total. The number of hydrogen-bond acceptors (Lipinski definition) is 6. The Hall–Kier alpha value is -3.45. The number of nitrogens with zero attached hydrogens (tertiary/aromatic N) is 3. The molecule has 1 aromatic heterocycles. The molecule has 0 saturated heterocycles. The molecule has 0 amide bonds. The van der Waals surface area contributed by atoms with Gasteiger partial charge in [-0.05, 0) is 41.5 Å². The lowest BCUT2D eigenvalue weighted by atomic mass is 10.0. The summed E-state index contributed by atoms with van der Waals surface area (Å²) < 4.78 is 0. The second kappa shape index (κ2) is 7.20. The highest BCUT2D eigenvalue weighted by Crippen LogP contribution is 2.30. The van der Waals surface area contributed by atoms with Gasteiger partial charge < -0.3 is 11.5 Å². The minimum Gasteiger partial charge on any atom is -0.383 e. The lowest BCUT2D eigenvalue weighted by Gasteiger charge is -2.10. The Kier molecular flexibility index (Phi) is 4.81. The standard InChI is InChI=1S/C18H14ClN5O2/c19-13-6-4-12(5-7-13)16-15(22-18(21)23-17(16)20)10-3-11-1-8-14(9-2-11)24(25)26/h1-10H,(H4,20,21,22,23)/b10-3+. The molecule has 0 saturated carbocycles. The molecule has 130 valence electrons. The molecule has 0 unspecified atom stereocenters. The van der Waals surface area contributed by atoms with Crippen LogP contribution in [-0.2, 0) is 0 Å². The van der Waals surface area contributed by atoms with E-state index in [2.05, 4.69) is 9.97 Å². The molecular weight excluding hydrogens is 354 g/mol. The van der Waals surface area contributed by atoms with E-state index in [4.69, 9.17) is 23.1 Å². The Morgan fingerprint density at radius 3 is 2.23 bits per heavy atom. The first kappa shape index (κ1) is 17.4. The second-order valence-corrected chi connectivity index (χ2v) is 5.85. The zero-order valence-corrected chi connectivity index (χ0v) is 14.2. The van der Waals surface area contributed by atoms with E-state index in [1.807, 2.05) is 12.1 Å². The molecule has 3 rings (SSSR count). The first-order valence-electron chi connectivity index (χ1n) is 7.55. The number of aromatic nitrogens is 2. The van der Waals surface area contributed by atoms with Gasteiger partial charge in [0.05, 0.1) is 10.6 Å². The molecule has 0 aliphatic heterocycles. The minimum atomic E-state index is -0.446. The van der Waals surface area contributed by atoms with Crippen molar-refractivity contribution in [1.82, 2.24) is 9.97 Å². The number of benzene rings is 2. The van der Waals surface area contributed by atoms with Gasteiger partial charge in [0.2, 0.25) is 5.95 Å². The minimum absolute atomic E-state index is 0.0273. The summed E-state index contributed by atoms with van der Waals surface area (Å²) >= 11 is 5.94. The highest BCUT2D eigenvalue weighted by atomic mass is 35.5. The van der Waals surface area contributed by atoms with E-state index in [0.717, 1.165) is 11.1 Å². The smallest absolute Gasteiger partial charge is 0.269 e.